The molecule has 0 saturated carbocycles. The maximum atomic E-state index is 5.88. The largest absolute Gasteiger partial charge is 0.278 e. The average Bonchev–Trinajstić information content (AvgIpc) is 2.40. The van der Waals surface area contributed by atoms with Crippen LogP contribution in [0.2, 0.25) is 5.02 Å². The lowest BCUT2D eigenvalue weighted by Gasteiger charge is -2.00. The first-order valence-corrected chi connectivity index (χ1v) is 7.07. The van der Waals surface area contributed by atoms with Crippen LogP contribution >= 0.6 is 23.4 Å². The second-order valence-corrected chi connectivity index (χ2v) is 4.97. The van der Waals surface area contributed by atoms with Gasteiger partial charge < -0.3 is 0 Å². The Morgan fingerprint density at radius 3 is 2.61 bits per heavy atom. The van der Waals surface area contributed by atoms with E-state index < -0.39 is 0 Å². The minimum atomic E-state index is 0.694. The molecule has 0 fully saturated rings. The maximum absolute atomic E-state index is 5.88. The highest BCUT2D eigenvalue weighted by Crippen LogP contribution is 2.15. The number of hydrogen-bond donors (Lipinski definition) is 1. The third-order valence-electron chi connectivity index (χ3n) is 2.35. The summed E-state index contributed by atoms with van der Waals surface area (Å²) in [6.45, 7) is 0. The molecule has 2 nitrogen and oxygen atoms in total. The molecule has 92 valence electrons. The molecule has 2 aromatic rings. The highest BCUT2D eigenvalue weighted by Gasteiger charge is 1.92. The minimum absolute atomic E-state index is 0.694. The van der Waals surface area contributed by atoms with Crippen LogP contribution < -0.4 is 5.43 Å². The molecule has 1 N–H and O–H groups in total. The van der Waals surface area contributed by atoms with Crippen LogP contribution in [0.4, 0.5) is 5.69 Å². The van der Waals surface area contributed by atoms with Gasteiger partial charge in [0.05, 0.1) is 11.9 Å². The van der Waals surface area contributed by atoms with Crippen molar-refractivity contribution in [1.29, 1.82) is 0 Å². The molecule has 0 amide bonds. The molecular formula is C14H13ClN2S. The number of anilines is 1. The third kappa shape index (κ3) is 3.79. The summed E-state index contributed by atoms with van der Waals surface area (Å²) in [5, 5.41) is 4.86. The fourth-order valence-corrected chi connectivity index (χ4v) is 2.03. The number of hydrazone groups is 1. The van der Waals surface area contributed by atoms with Crippen molar-refractivity contribution in [1.82, 2.24) is 0 Å². The van der Waals surface area contributed by atoms with Crippen LogP contribution in [-0.2, 0) is 0 Å². The van der Waals surface area contributed by atoms with E-state index in [0.29, 0.717) is 5.02 Å². The van der Waals surface area contributed by atoms with Crippen LogP contribution in [0.15, 0.2) is 58.5 Å². The van der Waals surface area contributed by atoms with Crippen molar-refractivity contribution in [3.8, 4) is 0 Å². The van der Waals surface area contributed by atoms with E-state index in [9.17, 15) is 0 Å². The third-order valence-corrected chi connectivity index (χ3v) is 3.33. The molecule has 0 unspecified atom stereocenters. The first-order valence-electron chi connectivity index (χ1n) is 5.46. The molecular weight excluding hydrogens is 264 g/mol. The zero-order chi connectivity index (χ0) is 12.8. The fraction of sp³-hybridized carbons (Fsp3) is 0.0714. The van der Waals surface area contributed by atoms with Crippen molar-refractivity contribution in [3.05, 3.63) is 59.1 Å². The summed E-state index contributed by atoms with van der Waals surface area (Å²) in [5.74, 6) is 0. The highest BCUT2D eigenvalue weighted by molar-refractivity contribution is 7.98. The SMILES string of the molecule is CSc1ccc(/C=N/Nc2cccc(Cl)c2)cc1. The topological polar surface area (TPSA) is 24.4 Å². The highest BCUT2D eigenvalue weighted by atomic mass is 35.5. The van der Waals surface area contributed by atoms with E-state index in [4.69, 9.17) is 11.6 Å². The Morgan fingerprint density at radius 1 is 1.17 bits per heavy atom. The first kappa shape index (κ1) is 13.0. The molecule has 0 atom stereocenters. The molecule has 0 radical (unpaired) electrons. The Bertz CT molecular complexity index is 538. The molecule has 0 spiro atoms. The number of benzene rings is 2. The van der Waals surface area contributed by atoms with Gasteiger partial charge in [0.1, 0.15) is 0 Å². The van der Waals surface area contributed by atoms with E-state index in [0.717, 1.165) is 11.3 Å². The molecule has 2 rings (SSSR count). The quantitative estimate of drug-likeness (QED) is 0.505. The zero-order valence-corrected chi connectivity index (χ0v) is 11.5. The first-order chi connectivity index (χ1) is 8.78. The van der Waals surface area contributed by atoms with Gasteiger partial charge in [-0.2, -0.15) is 5.10 Å². The Labute approximate surface area is 116 Å². The molecule has 4 heteroatoms. The van der Waals surface area contributed by atoms with E-state index >= 15 is 0 Å². The number of hydrogen-bond acceptors (Lipinski definition) is 3. The summed E-state index contributed by atoms with van der Waals surface area (Å²) in [7, 11) is 0. The number of nitrogens with one attached hydrogen (secondary N) is 1. The lowest BCUT2D eigenvalue weighted by Crippen LogP contribution is -1.90. The van der Waals surface area contributed by atoms with E-state index in [1.54, 1.807) is 18.0 Å². The second-order valence-electron chi connectivity index (χ2n) is 3.65. The van der Waals surface area contributed by atoms with Crippen LogP contribution in [0, 0.1) is 0 Å². The number of nitrogens with zero attached hydrogens (tertiary/aromatic N) is 1. The summed E-state index contributed by atoms with van der Waals surface area (Å²) in [6.07, 6.45) is 3.84. The van der Waals surface area contributed by atoms with Crippen LogP contribution in [0.3, 0.4) is 0 Å². The van der Waals surface area contributed by atoms with E-state index in [1.807, 2.05) is 36.4 Å². The maximum Gasteiger partial charge on any atom is 0.0576 e. The molecule has 0 saturated heterocycles. The van der Waals surface area contributed by atoms with Crippen molar-refractivity contribution >= 4 is 35.3 Å². The number of rotatable bonds is 4. The molecule has 2 aromatic carbocycles. The Hall–Kier alpha value is -1.45. The van der Waals surface area contributed by atoms with Crippen LogP contribution in [0.25, 0.3) is 0 Å². The van der Waals surface area contributed by atoms with Crippen LogP contribution in [0.5, 0.6) is 0 Å². The van der Waals surface area contributed by atoms with Gasteiger partial charge in [0, 0.05) is 9.92 Å². The molecule has 0 aromatic heterocycles. The Kier molecular flexibility index (Phi) is 4.67. The molecule has 0 aliphatic carbocycles. The van der Waals surface area contributed by atoms with Gasteiger partial charge >= 0.3 is 0 Å². The normalized spacial score (nSPS) is 10.8. The molecule has 0 aliphatic heterocycles. The van der Waals surface area contributed by atoms with Crippen LogP contribution in [-0.4, -0.2) is 12.5 Å². The van der Waals surface area contributed by atoms with Crippen LogP contribution in [0.1, 0.15) is 5.56 Å². The zero-order valence-electron chi connectivity index (χ0n) is 9.93. The van der Waals surface area contributed by atoms with Gasteiger partial charge in [-0.3, -0.25) is 5.43 Å². The Morgan fingerprint density at radius 2 is 1.94 bits per heavy atom. The standard InChI is InChI=1S/C14H13ClN2S/c1-18-14-7-5-11(6-8-14)10-16-17-13-4-2-3-12(15)9-13/h2-10,17H,1H3/b16-10+. The van der Waals surface area contributed by atoms with Gasteiger partial charge in [-0.25, -0.2) is 0 Å². The summed E-state index contributed by atoms with van der Waals surface area (Å²) in [6, 6.07) is 15.7. The van der Waals surface area contributed by atoms with Crippen molar-refractivity contribution in [2.24, 2.45) is 5.10 Å². The van der Waals surface area contributed by atoms with Gasteiger partial charge in [-0.1, -0.05) is 29.8 Å². The van der Waals surface area contributed by atoms with Gasteiger partial charge in [-0.05, 0) is 42.2 Å². The molecule has 18 heavy (non-hydrogen) atoms. The lowest BCUT2D eigenvalue weighted by atomic mass is 10.2. The van der Waals surface area contributed by atoms with Crippen molar-refractivity contribution < 1.29 is 0 Å². The van der Waals surface area contributed by atoms with Crippen molar-refractivity contribution in [3.63, 3.8) is 0 Å². The smallest absolute Gasteiger partial charge is 0.0576 e. The fourth-order valence-electron chi connectivity index (χ4n) is 1.43. The molecule has 0 heterocycles. The van der Waals surface area contributed by atoms with E-state index in [2.05, 4.69) is 28.9 Å². The Balaban J connectivity index is 1.98. The molecule has 0 bridgehead atoms. The monoisotopic (exact) mass is 276 g/mol. The summed E-state index contributed by atoms with van der Waals surface area (Å²) < 4.78 is 0. The van der Waals surface area contributed by atoms with E-state index in [-0.39, 0.29) is 0 Å². The van der Waals surface area contributed by atoms with Gasteiger partial charge in [0.25, 0.3) is 0 Å². The van der Waals surface area contributed by atoms with Crippen molar-refractivity contribution in [2.45, 2.75) is 4.90 Å². The molecule has 0 aliphatic rings. The van der Waals surface area contributed by atoms with E-state index in [1.165, 1.54) is 4.90 Å². The summed E-state index contributed by atoms with van der Waals surface area (Å²) in [4.78, 5) is 1.25. The number of thioether (sulfide) groups is 1. The number of halogens is 1. The van der Waals surface area contributed by atoms with Gasteiger partial charge in [0.2, 0.25) is 0 Å². The van der Waals surface area contributed by atoms with Crippen molar-refractivity contribution in [2.75, 3.05) is 11.7 Å². The average molecular weight is 277 g/mol. The summed E-state index contributed by atoms with van der Waals surface area (Å²) >= 11 is 7.60. The minimum Gasteiger partial charge on any atom is -0.278 e. The predicted molar refractivity (Wildman–Crippen MR) is 80.9 cm³/mol. The predicted octanol–water partition coefficient (Wildman–Crippen LogP) is 4.51. The van der Waals surface area contributed by atoms with Gasteiger partial charge in [-0.15, -0.1) is 11.8 Å². The second kappa shape index (κ2) is 6.47. The van der Waals surface area contributed by atoms with Gasteiger partial charge in [0.15, 0.2) is 0 Å². The summed E-state index contributed by atoms with van der Waals surface area (Å²) in [5.41, 5.74) is 4.87. The lowest BCUT2D eigenvalue weighted by molar-refractivity contribution is 1.35.